The van der Waals surface area contributed by atoms with Gasteiger partial charge in [0.05, 0.1) is 6.10 Å². The van der Waals surface area contributed by atoms with Gasteiger partial charge in [0.1, 0.15) is 0 Å². The van der Waals surface area contributed by atoms with E-state index in [9.17, 15) is 0 Å². The Morgan fingerprint density at radius 2 is 2.42 bits per heavy atom. The molecule has 0 fully saturated rings. The SMILES string of the molecule is Cc1nnc(SCC(O)CN)o1. The van der Waals surface area contributed by atoms with Crippen LogP contribution < -0.4 is 5.73 Å². The second kappa shape index (κ2) is 4.44. The fourth-order valence-corrected chi connectivity index (χ4v) is 1.32. The quantitative estimate of drug-likeness (QED) is 0.637. The lowest BCUT2D eigenvalue weighted by molar-refractivity contribution is 0.207. The molecule has 1 aromatic rings. The summed E-state index contributed by atoms with van der Waals surface area (Å²) in [5.74, 6) is 1.01. The molecule has 0 spiro atoms. The van der Waals surface area contributed by atoms with Crippen molar-refractivity contribution in [2.75, 3.05) is 12.3 Å². The molecule has 0 aliphatic carbocycles. The molecule has 5 nitrogen and oxygen atoms in total. The molecule has 0 saturated heterocycles. The van der Waals surface area contributed by atoms with Gasteiger partial charge in [-0.05, 0) is 0 Å². The third-order valence-electron chi connectivity index (χ3n) is 1.18. The number of aliphatic hydroxyl groups excluding tert-OH is 1. The second-order valence-corrected chi connectivity index (χ2v) is 3.26. The van der Waals surface area contributed by atoms with E-state index in [0.717, 1.165) is 0 Å². The van der Waals surface area contributed by atoms with Crippen molar-refractivity contribution in [3.63, 3.8) is 0 Å². The minimum absolute atomic E-state index is 0.250. The first kappa shape index (κ1) is 9.50. The Kier molecular flexibility index (Phi) is 3.51. The van der Waals surface area contributed by atoms with Crippen LogP contribution in [0, 0.1) is 6.92 Å². The van der Waals surface area contributed by atoms with Crippen LogP contribution in [-0.2, 0) is 0 Å². The van der Waals surface area contributed by atoms with Gasteiger partial charge in [-0.15, -0.1) is 10.2 Å². The van der Waals surface area contributed by atoms with E-state index in [4.69, 9.17) is 15.3 Å². The van der Waals surface area contributed by atoms with Crippen molar-refractivity contribution in [1.82, 2.24) is 10.2 Å². The number of hydrogen-bond donors (Lipinski definition) is 2. The van der Waals surface area contributed by atoms with Crippen molar-refractivity contribution in [3.05, 3.63) is 5.89 Å². The van der Waals surface area contributed by atoms with E-state index < -0.39 is 6.10 Å². The van der Waals surface area contributed by atoms with Gasteiger partial charge in [-0.2, -0.15) is 0 Å². The molecular weight excluding hydrogens is 178 g/mol. The molecule has 0 radical (unpaired) electrons. The van der Waals surface area contributed by atoms with E-state index in [1.165, 1.54) is 11.8 Å². The van der Waals surface area contributed by atoms with Gasteiger partial charge in [-0.25, -0.2) is 0 Å². The molecule has 1 heterocycles. The van der Waals surface area contributed by atoms with Gasteiger partial charge in [0.15, 0.2) is 0 Å². The van der Waals surface area contributed by atoms with Crippen molar-refractivity contribution in [1.29, 1.82) is 0 Å². The molecule has 68 valence electrons. The first-order valence-corrected chi connectivity index (χ1v) is 4.52. The largest absolute Gasteiger partial charge is 0.416 e. The predicted octanol–water partition coefficient (Wildman–Crippen LogP) is -0.210. The lowest BCUT2D eigenvalue weighted by Crippen LogP contribution is -2.21. The average molecular weight is 189 g/mol. The molecule has 1 unspecified atom stereocenters. The van der Waals surface area contributed by atoms with Crippen LogP contribution in [0.3, 0.4) is 0 Å². The van der Waals surface area contributed by atoms with E-state index in [0.29, 0.717) is 16.9 Å². The van der Waals surface area contributed by atoms with Gasteiger partial charge in [-0.1, -0.05) is 11.8 Å². The fourth-order valence-electron chi connectivity index (χ4n) is 0.572. The normalized spacial score (nSPS) is 13.2. The smallest absolute Gasteiger partial charge is 0.276 e. The summed E-state index contributed by atoms with van der Waals surface area (Å²) in [6.45, 7) is 1.97. The van der Waals surface area contributed by atoms with Gasteiger partial charge >= 0.3 is 0 Å². The van der Waals surface area contributed by atoms with Crippen LogP contribution in [0.1, 0.15) is 5.89 Å². The second-order valence-electron chi connectivity index (χ2n) is 2.29. The van der Waals surface area contributed by atoms with Crippen LogP contribution in [0.4, 0.5) is 0 Å². The molecule has 0 aromatic carbocycles. The molecule has 1 aromatic heterocycles. The number of hydrogen-bond acceptors (Lipinski definition) is 6. The summed E-state index contributed by atoms with van der Waals surface area (Å²) in [4.78, 5) is 0. The minimum Gasteiger partial charge on any atom is -0.416 e. The standard InChI is InChI=1S/C6H11N3O2S/c1-4-8-9-6(11-4)12-3-5(10)2-7/h5,10H,2-3,7H2,1H3. The zero-order chi connectivity index (χ0) is 8.97. The van der Waals surface area contributed by atoms with E-state index in [-0.39, 0.29) is 6.54 Å². The van der Waals surface area contributed by atoms with Crippen molar-refractivity contribution in [3.8, 4) is 0 Å². The van der Waals surface area contributed by atoms with Crippen molar-refractivity contribution >= 4 is 11.8 Å². The number of aliphatic hydroxyl groups is 1. The Morgan fingerprint density at radius 1 is 1.67 bits per heavy atom. The Morgan fingerprint density at radius 3 is 2.92 bits per heavy atom. The number of aryl methyl sites for hydroxylation is 1. The fraction of sp³-hybridized carbons (Fsp3) is 0.667. The third kappa shape index (κ3) is 2.80. The molecule has 1 atom stereocenters. The van der Waals surface area contributed by atoms with E-state index in [2.05, 4.69) is 10.2 Å². The highest BCUT2D eigenvalue weighted by atomic mass is 32.2. The highest BCUT2D eigenvalue weighted by Crippen LogP contribution is 2.15. The highest BCUT2D eigenvalue weighted by Gasteiger charge is 2.06. The van der Waals surface area contributed by atoms with Crippen LogP contribution in [0.5, 0.6) is 0 Å². The van der Waals surface area contributed by atoms with Crippen LogP contribution in [-0.4, -0.2) is 33.7 Å². The molecular formula is C6H11N3O2S. The molecule has 0 amide bonds. The Balaban J connectivity index is 2.33. The number of nitrogens with zero attached hydrogens (tertiary/aromatic N) is 2. The summed E-state index contributed by atoms with van der Waals surface area (Å²) in [6.07, 6.45) is -0.512. The molecule has 0 saturated carbocycles. The maximum absolute atomic E-state index is 9.09. The summed E-state index contributed by atoms with van der Waals surface area (Å²) in [5.41, 5.74) is 5.21. The monoisotopic (exact) mass is 189 g/mol. The van der Waals surface area contributed by atoms with E-state index >= 15 is 0 Å². The summed E-state index contributed by atoms with van der Waals surface area (Å²) in [6, 6.07) is 0. The summed E-state index contributed by atoms with van der Waals surface area (Å²) in [7, 11) is 0. The molecule has 0 aliphatic heterocycles. The maximum atomic E-state index is 9.09. The van der Waals surface area contributed by atoms with Crippen LogP contribution in [0.2, 0.25) is 0 Å². The molecule has 1 rings (SSSR count). The summed E-state index contributed by atoms with van der Waals surface area (Å²) < 4.78 is 5.07. The Bertz CT molecular complexity index is 240. The topological polar surface area (TPSA) is 85.2 Å². The van der Waals surface area contributed by atoms with Crippen LogP contribution in [0.15, 0.2) is 9.64 Å². The minimum atomic E-state index is -0.512. The lowest BCUT2D eigenvalue weighted by atomic mass is 10.4. The zero-order valence-electron chi connectivity index (χ0n) is 6.73. The predicted molar refractivity (Wildman–Crippen MR) is 44.8 cm³/mol. The Labute approximate surface area is 74.4 Å². The van der Waals surface area contributed by atoms with E-state index in [1.807, 2.05) is 0 Å². The van der Waals surface area contributed by atoms with Gasteiger partial charge in [0, 0.05) is 19.2 Å². The summed E-state index contributed by atoms with van der Waals surface area (Å²) in [5, 5.41) is 16.9. The van der Waals surface area contributed by atoms with E-state index in [1.54, 1.807) is 6.92 Å². The zero-order valence-corrected chi connectivity index (χ0v) is 7.54. The number of rotatable bonds is 4. The average Bonchev–Trinajstić information content (AvgIpc) is 2.47. The molecule has 0 bridgehead atoms. The third-order valence-corrected chi connectivity index (χ3v) is 2.14. The van der Waals surface area contributed by atoms with Crippen LogP contribution in [0.25, 0.3) is 0 Å². The Hall–Kier alpha value is -0.590. The van der Waals surface area contributed by atoms with Crippen molar-refractivity contribution in [2.45, 2.75) is 18.3 Å². The highest BCUT2D eigenvalue weighted by molar-refractivity contribution is 7.99. The molecule has 3 N–H and O–H groups in total. The first-order valence-electron chi connectivity index (χ1n) is 3.53. The first-order chi connectivity index (χ1) is 5.72. The molecule has 12 heavy (non-hydrogen) atoms. The number of aromatic nitrogens is 2. The van der Waals surface area contributed by atoms with Gasteiger partial charge < -0.3 is 15.3 Å². The van der Waals surface area contributed by atoms with Gasteiger partial charge in [0.2, 0.25) is 5.89 Å². The molecule has 0 aliphatic rings. The van der Waals surface area contributed by atoms with Crippen molar-refractivity contribution in [2.24, 2.45) is 5.73 Å². The lowest BCUT2D eigenvalue weighted by Gasteiger charge is -2.02. The van der Waals surface area contributed by atoms with Crippen LogP contribution >= 0.6 is 11.8 Å². The van der Waals surface area contributed by atoms with Crippen molar-refractivity contribution < 1.29 is 9.52 Å². The van der Waals surface area contributed by atoms with Gasteiger partial charge in [0.25, 0.3) is 5.22 Å². The number of thioether (sulfide) groups is 1. The molecule has 6 heteroatoms. The summed E-state index contributed by atoms with van der Waals surface area (Å²) >= 11 is 1.30. The maximum Gasteiger partial charge on any atom is 0.276 e. The number of nitrogens with two attached hydrogens (primary N) is 1. The van der Waals surface area contributed by atoms with Gasteiger partial charge in [-0.3, -0.25) is 0 Å².